The molecule has 22 heteroatoms. The first-order valence-corrected chi connectivity index (χ1v) is 19.5. The molecule has 0 fully saturated rings. The molecule has 0 spiro atoms. The number of amides is 6. The van der Waals surface area contributed by atoms with E-state index in [2.05, 4.69) is 16.0 Å². The van der Waals surface area contributed by atoms with Crippen LogP contribution in [-0.4, -0.2) is 126 Å². The van der Waals surface area contributed by atoms with E-state index in [0.29, 0.717) is 16.7 Å². The molecular formula is C39H57FeN6O15. The van der Waals surface area contributed by atoms with Gasteiger partial charge in [-0.15, -0.1) is 0 Å². The van der Waals surface area contributed by atoms with Gasteiger partial charge in [-0.2, -0.15) is 0 Å². The summed E-state index contributed by atoms with van der Waals surface area (Å²) in [6.45, 7) is 6.46. The summed E-state index contributed by atoms with van der Waals surface area (Å²) in [7, 11) is 0. The molecule has 0 aromatic rings. The molecule has 3 N–H and O–H groups in total. The number of ether oxygens (including phenoxy) is 3. The Labute approximate surface area is 365 Å². The van der Waals surface area contributed by atoms with Crippen LogP contribution < -0.4 is 16.0 Å². The summed E-state index contributed by atoms with van der Waals surface area (Å²) in [5.74, 6) is -6.86. The molecule has 0 saturated carbocycles. The number of esters is 3. The second kappa shape index (κ2) is 30.0. The molecule has 0 saturated heterocycles. The van der Waals surface area contributed by atoms with Crippen molar-refractivity contribution < 1.29 is 74.4 Å². The number of nitrogens with zero attached hydrogens (tertiary/aromatic N) is 3. The second-order valence-electron chi connectivity index (χ2n) is 14.2. The van der Waals surface area contributed by atoms with Crippen LogP contribution in [0.15, 0.2) is 34.9 Å². The van der Waals surface area contributed by atoms with Crippen molar-refractivity contribution in [2.24, 2.45) is 0 Å². The van der Waals surface area contributed by atoms with Crippen molar-refractivity contribution in [3.05, 3.63) is 50.6 Å². The Bertz CT molecular complexity index is 1450. The van der Waals surface area contributed by atoms with E-state index in [1.807, 2.05) is 0 Å². The minimum atomic E-state index is -1.15. The maximum atomic E-state index is 12.8. The average molecular weight is 906 g/mol. The van der Waals surface area contributed by atoms with Crippen molar-refractivity contribution in [1.29, 1.82) is 0 Å². The van der Waals surface area contributed by atoms with E-state index in [1.54, 1.807) is 0 Å². The summed E-state index contributed by atoms with van der Waals surface area (Å²) < 4.78 is 15.8. The molecule has 0 aromatic heterocycles. The fourth-order valence-electron chi connectivity index (χ4n) is 5.44. The van der Waals surface area contributed by atoms with Gasteiger partial charge in [0.15, 0.2) is 0 Å². The van der Waals surface area contributed by atoms with Gasteiger partial charge < -0.3 is 61.0 Å². The number of hydrogen-bond acceptors (Lipinski definition) is 15. The first kappa shape index (κ1) is 55.8. The zero-order valence-corrected chi connectivity index (χ0v) is 36.5. The van der Waals surface area contributed by atoms with Gasteiger partial charge >= 0.3 is 35.0 Å². The molecule has 1 radical (unpaired) electrons. The number of carbonyl (C=O) groups excluding carboxylic acids is 9. The Morgan fingerprint density at radius 3 is 0.951 bits per heavy atom. The van der Waals surface area contributed by atoms with Gasteiger partial charge in [0.1, 0.15) is 18.1 Å². The SMILES string of the molecule is CC(=O)NC1CCCN([O-])C(=O)C=C(C)CCOC(=O)[C@@H](NC(C)=O)CCCN([O-])C(=O)/C=C(\C)CCOC(=O)[C@H](NC(C)=O)CCCN([O-])C(=O)C=C(C)CCOC1=O.[Fe+3]. The molecule has 1 heterocycles. The predicted octanol–water partition coefficient (Wildman–Crippen LogP) is 1.47. The van der Waals surface area contributed by atoms with Gasteiger partial charge in [0, 0.05) is 77.9 Å². The van der Waals surface area contributed by atoms with Crippen LogP contribution in [0.2, 0.25) is 0 Å². The van der Waals surface area contributed by atoms with Crippen molar-refractivity contribution in [2.45, 2.75) is 117 Å². The average Bonchev–Trinajstić information content (AvgIpc) is 3.15. The van der Waals surface area contributed by atoms with Crippen molar-refractivity contribution in [2.75, 3.05) is 39.5 Å². The summed E-state index contributed by atoms with van der Waals surface area (Å²) in [6.07, 6.45) is 3.14. The van der Waals surface area contributed by atoms with Gasteiger partial charge in [0.05, 0.1) is 19.8 Å². The smallest absolute Gasteiger partial charge is 0.756 e. The number of cyclic esters (lactones) is 3. The summed E-state index contributed by atoms with van der Waals surface area (Å²) in [5, 5.41) is 45.2. The molecule has 1 aliphatic rings. The predicted molar refractivity (Wildman–Crippen MR) is 214 cm³/mol. The zero-order chi connectivity index (χ0) is 45.4. The van der Waals surface area contributed by atoms with E-state index in [4.69, 9.17) is 14.2 Å². The van der Waals surface area contributed by atoms with Gasteiger partial charge in [-0.1, -0.05) is 16.7 Å². The summed E-state index contributed by atoms with van der Waals surface area (Å²) in [6, 6.07) is -3.46. The van der Waals surface area contributed by atoms with Crippen LogP contribution in [0.3, 0.4) is 0 Å². The fourth-order valence-corrected chi connectivity index (χ4v) is 5.44. The van der Waals surface area contributed by atoms with Gasteiger partial charge in [0.25, 0.3) is 0 Å². The molecule has 6 amide bonds. The molecule has 0 bridgehead atoms. The normalized spacial score (nSPS) is 22.7. The van der Waals surface area contributed by atoms with Gasteiger partial charge in [-0.25, -0.2) is 14.4 Å². The molecule has 21 nitrogen and oxygen atoms in total. The van der Waals surface area contributed by atoms with E-state index in [-0.39, 0.29) is 130 Å². The Morgan fingerprint density at radius 2 is 0.738 bits per heavy atom. The minimum absolute atomic E-state index is 0. The van der Waals surface area contributed by atoms with Crippen LogP contribution >= 0.6 is 0 Å². The third-order valence-corrected chi connectivity index (χ3v) is 8.62. The summed E-state index contributed by atoms with van der Waals surface area (Å²) >= 11 is 0. The Morgan fingerprint density at radius 1 is 0.508 bits per heavy atom. The summed E-state index contributed by atoms with van der Waals surface area (Å²) in [5.41, 5.74) is 1.16. The molecule has 0 aliphatic carbocycles. The van der Waals surface area contributed by atoms with E-state index >= 15 is 0 Å². The third kappa shape index (κ3) is 24.6. The van der Waals surface area contributed by atoms with E-state index in [0.717, 1.165) is 18.2 Å². The first-order chi connectivity index (χ1) is 28.2. The fraction of sp³-hybridized carbons (Fsp3) is 0.615. The van der Waals surface area contributed by atoms with E-state index < -0.39 is 71.5 Å². The molecule has 1 aliphatic heterocycles. The maximum absolute atomic E-state index is 12.8. The van der Waals surface area contributed by atoms with Crippen molar-refractivity contribution in [3.63, 3.8) is 0 Å². The number of hydroxylamine groups is 6. The standard InChI is InChI=1S/C39H57N6O15.Fe/c1-25-13-19-58-37(52)31(40-28(4)46)11-8-17-44(56)35(50)23-27(3)15-21-60-39(54)33(42-30(6)48)12-9-18-45(57)36(51)24-26(2)14-20-59-38(53)32(41-29(5)47)10-7-16-43(55)34(49)22-25;/h22-24,31-33H,7-21H2,1-6H3,(H,40,46)(H,41,47)(H,42,48);/q-3;+3/b25-22+,26-24?,27-23?;/t31-,32+,33?;/m1./s1. The van der Waals surface area contributed by atoms with E-state index in [1.165, 1.54) is 41.5 Å². The Hall–Kier alpha value is -5.15. The molecule has 3 atom stereocenters. The number of hydrogen-bond donors (Lipinski definition) is 3. The topological polar surface area (TPSA) is 296 Å². The molecule has 0 aromatic carbocycles. The molecule has 341 valence electrons. The van der Waals surface area contributed by atoms with Gasteiger partial charge in [-0.3, -0.25) is 28.8 Å². The monoisotopic (exact) mass is 905 g/mol. The molecule has 61 heavy (non-hydrogen) atoms. The molecule has 1 rings (SSSR count). The quantitative estimate of drug-likeness (QED) is 0.205. The molecule has 1 unspecified atom stereocenters. The van der Waals surface area contributed by atoms with Crippen LogP contribution in [-0.2, 0) is 74.4 Å². The second-order valence-corrected chi connectivity index (χ2v) is 14.2. The third-order valence-electron chi connectivity index (χ3n) is 8.62. The van der Waals surface area contributed by atoms with E-state index in [9.17, 15) is 58.8 Å². The van der Waals surface area contributed by atoms with Gasteiger partial charge in [-0.05, 0) is 59.3 Å². The van der Waals surface area contributed by atoms with Crippen LogP contribution in [0.4, 0.5) is 0 Å². The zero-order valence-electron chi connectivity index (χ0n) is 35.4. The van der Waals surface area contributed by atoms with Crippen molar-refractivity contribution >= 4 is 53.4 Å². The van der Waals surface area contributed by atoms with Crippen LogP contribution in [0.25, 0.3) is 0 Å². The number of carbonyl (C=O) groups is 9. The minimum Gasteiger partial charge on any atom is -0.756 e. The number of rotatable bonds is 3. The number of nitrogens with one attached hydrogen (secondary N) is 3. The van der Waals surface area contributed by atoms with Gasteiger partial charge in [0.2, 0.25) is 35.4 Å². The van der Waals surface area contributed by atoms with Crippen molar-refractivity contribution in [1.82, 2.24) is 31.1 Å². The Balaban J connectivity index is 0.0000360. The van der Waals surface area contributed by atoms with Crippen molar-refractivity contribution in [3.8, 4) is 0 Å². The maximum Gasteiger partial charge on any atom is 3.00 e. The first-order valence-electron chi connectivity index (χ1n) is 19.5. The Kier molecular flexibility index (Phi) is 27.4. The van der Waals surface area contributed by atoms with Crippen LogP contribution in [0.5, 0.6) is 0 Å². The largest absolute Gasteiger partial charge is 3.00 e. The summed E-state index contributed by atoms with van der Waals surface area (Å²) in [4.78, 5) is 111. The van der Waals surface area contributed by atoms with Crippen LogP contribution in [0.1, 0.15) is 99.3 Å². The molecular weight excluding hydrogens is 848 g/mol. The van der Waals surface area contributed by atoms with Crippen LogP contribution in [0, 0.1) is 15.6 Å².